The first-order valence-corrected chi connectivity index (χ1v) is 1.86. The molecule has 0 radical (unpaired) electrons. The Labute approximate surface area is 96.7 Å². The third-order valence-electron chi connectivity index (χ3n) is 0.163. The van der Waals surface area contributed by atoms with E-state index < -0.39 is 6.09 Å². The van der Waals surface area contributed by atoms with Gasteiger partial charge in [0.25, 0.3) is 0 Å². The molecule has 0 fully saturated rings. The minimum Gasteiger partial charge on any atom is -0.464 e. The molecule has 0 saturated carbocycles. The first-order valence-electron chi connectivity index (χ1n) is 1.86. The normalized spacial score (nSPS) is 4.56. The molecule has 9 heavy (non-hydrogen) atoms. The fourth-order valence-electron chi connectivity index (χ4n) is 0.0478. The van der Waals surface area contributed by atoms with Crippen molar-refractivity contribution in [2.45, 2.75) is 6.92 Å². The van der Waals surface area contributed by atoms with Crippen molar-refractivity contribution in [1.82, 2.24) is 5.32 Å². The molecule has 0 unspecified atom stereocenters. The van der Waals surface area contributed by atoms with E-state index in [1.54, 1.807) is 6.92 Å². The Balaban J connectivity index is -0.000000109. The molecule has 0 aromatic carbocycles. The topological polar surface area (TPSA) is 73.1 Å². The molecule has 0 aliphatic rings. The van der Waals surface area contributed by atoms with Gasteiger partial charge in [0.1, 0.15) is 0 Å². The smallest absolute Gasteiger partial charge is 0.464 e. The van der Waals surface area contributed by atoms with Crippen LogP contribution < -0.4 is 56.7 Å². The van der Waals surface area contributed by atoms with E-state index >= 15 is 0 Å². The molecule has 0 rings (SSSR count). The fourth-order valence-corrected chi connectivity index (χ4v) is 0.0478. The fraction of sp³-hybridized carbons (Fsp3) is 0.250. The van der Waals surface area contributed by atoms with Crippen LogP contribution in [0, 0.1) is 18.4 Å². The molecular weight excluding hydrogens is 147 g/mol. The summed E-state index contributed by atoms with van der Waals surface area (Å²) in [5.41, 5.74) is 0. The Bertz CT molecular complexity index is 99.2. The Morgan fingerprint density at radius 3 is 2.11 bits per heavy atom. The van der Waals surface area contributed by atoms with Gasteiger partial charge in [0.2, 0.25) is 0 Å². The van der Waals surface area contributed by atoms with Crippen LogP contribution in [0.3, 0.4) is 0 Å². The monoisotopic (exact) mass is 154 g/mol. The summed E-state index contributed by atoms with van der Waals surface area (Å²) < 4.78 is 0. The number of carboxylic acid groups (broad SMARTS) is 1. The molecule has 0 aliphatic heterocycles. The molecule has 4 nitrogen and oxygen atoms in total. The number of carbonyl (C=O) groups is 1. The zero-order valence-corrected chi connectivity index (χ0v) is 8.63. The molecule has 46 valence electrons. The van der Waals surface area contributed by atoms with Gasteiger partial charge in [-0.15, -0.1) is 0 Å². The van der Waals surface area contributed by atoms with E-state index in [1.807, 2.05) is 0 Å². The van der Waals surface area contributed by atoms with Gasteiger partial charge in [0.05, 0.1) is 0 Å². The van der Waals surface area contributed by atoms with Gasteiger partial charge in [-0.05, 0) is 0 Å². The molecule has 5 heteroatoms. The van der Waals surface area contributed by atoms with Gasteiger partial charge in [-0.3, -0.25) is 0 Å². The maximum atomic E-state index is 9.27. The maximum Gasteiger partial charge on any atom is 1.00 e. The summed E-state index contributed by atoms with van der Waals surface area (Å²) >= 11 is 0. The van der Waals surface area contributed by atoms with Crippen molar-refractivity contribution in [2.75, 3.05) is 0 Å². The van der Waals surface area contributed by atoms with E-state index in [1.165, 1.54) is 11.5 Å². The van der Waals surface area contributed by atoms with Crippen LogP contribution in [0.1, 0.15) is 6.92 Å². The van der Waals surface area contributed by atoms with Crippen molar-refractivity contribution in [3.63, 3.8) is 0 Å². The number of amides is 1. The third-order valence-corrected chi connectivity index (χ3v) is 0.163. The molecule has 2 N–H and O–H groups in total. The van der Waals surface area contributed by atoms with Crippen molar-refractivity contribution in [3.8, 4) is 6.19 Å². The second-order valence-corrected chi connectivity index (χ2v) is 0.542. The van der Waals surface area contributed by atoms with Crippen LogP contribution in [0.15, 0.2) is 0 Å². The first-order chi connectivity index (χ1) is 3.77. The van der Waals surface area contributed by atoms with E-state index in [4.69, 9.17) is 10.4 Å². The summed E-state index contributed by atoms with van der Waals surface area (Å²) in [6.07, 6.45) is -0.104. The van der Waals surface area contributed by atoms with Crippen LogP contribution in [-0.4, -0.2) is 11.2 Å². The Kier molecular flexibility index (Phi) is 28.4. The Morgan fingerprint density at radius 2 is 2.11 bits per heavy atom. The Hall–Kier alpha value is 0.396. The van der Waals surface area contributed by atoms with Crippen molar-refractivity contribution in [3.05, 3.63) is 6.92 Å². The molecule has 0 saturated heterocycles. The van der Waals surface area contributed by atoms with Crippen LogP contribution in [0.25, 0.3) is 0 Å². The average molecular weight is 154 g/mol. The van der Waals surface area contributed by atoms with Crippen LogP contribution in [0.2, 0.25) is 0 Å². The van der Waals surface area contributed by atoms with Gasteiger partial charge in [-0.2, -0.15) is 12.2 Å². The summed E-state index contributed by atoms with van der Waals surface area (Å²) in [4.78, 5) is 9.27. The number of rotatable bonds is 0. The number of nitrogens with zero attached hydrogens (tertiary/aromatic N) is 1. The van der Waals surface area contributed by atoms with Crippen LogP contribution in [0.4, 0.5) is 4.79 Å². The van der Waals surface area contributed by atoms with Crippen molar-refractivity contribution in [1.29, 1.82) is 5.26 Å². The third kappa shape index (κ3) is 29.8. The van der Waals surface area contributed by atoms with Crippen LogP contribution in [-0.2, 0) is 0 Å². The van der Waals surface area contributed by atoms with Gasteiger partial charge in [-0.25, -0.2) is 10.1 Å². The molecule has 1 amide bonds. The molecule has 0 bridgehead atoms. The molecule has 0 spiro atoms. The molecule has 0 aromatic heterocycles. The first kappa shape index (κ1) is 16.2. The molecule has 0 atom stereocenters. The van der Waals surface area contributed by atoms with E-state index in [9.17, 15) is 4.79 Å². The van der Waals surface area contributed by atoms with E-state index in [0.29, 0.717) is 0 Å². The number of nitrogens with one attached hydrogen (secondary N) is 1. The SMILES string of the molecule is N#CNC(=O)O.[CH2-]C.[K+]. The Morgan fingerprint density at radius 1 is 1.78 bits per heavy atom. The zero-order chi connectivity index (χ0) is 6.99. The van der Waals surface area contributed by atoms with Gasteiger partial charge in [-0.1, -0.05) is 0 Å². The van der Waals surface area contributed by atoms with Crippen molar-refractivity contribution < 1.29 is 61.3 Å². The van der Waals surface area contributed by atoms with Gasteiger partial charge in [0.15, 0.2) is 6.19 Å². The minimum atomic E-state index is -1.32. The standard InChI is InChI=1S/C2H2N2O2.C2H5.K/c3-1-4-2(5)6;1-2;/h4H,(H,5,6);1H2,2H3;/q;-1;+1. The summed E-state index contributed by atoms with van der Waals surface area (Å²) in [5, 5.41) is 16.5. The molecule has 0 aliphatic carbocycles. The number of hydrogen-bond donors (Lipinski definition) is 2. The van der Waals surface area contributed by atoms with Crippen LogP contribution in [0.5, 0.6) is 0 Å². The second kappa shape index (κ2) is 15.8. The van der Waals surface area contributed by atoms with E-state index in [0.717, 1.165) is 0 Å². The predicted molar refractivity (Wildman–Crippen MR) is 27.8 cm³/mol. The quantitative estimate of drug-likeness (QED) is 0.176. The van der Waals surface area contributed by atoms with Gasteiger partial charge >= 0.3 is 57.5 Å². The molecule has 0 heterocycles. The molecular formula is C4H7KN2O2. The van der Waals surface area contributed by atoms with E-state index in [-0.39, 0.29) is 51.4 Å². The second-order valence-electron chi connectivity index (χ2n) is 0.542. The van der Waals surface area contributed by atoms with Crippen LogP contribution >= 0.6 is 0 Å². The maximum absolute atomic E-state index is 9.27. The molecule has 0 aromatic rings. The summed E-state index contributed by atoms with van der Waals surface area (Å²) in [5.74, 6) is 0. The summed E-state index contributed by atoms with van der Waals surface area (Å²) in [6, 6.07) is 0. The van der Waals surface area contributed by atoms with Gasteiger partial charge < -0.3 is 12.0 Å². The largest absolute Gasteiger partial charge is 1.00 e. The number of hydrogen-bond acceptors (Lipinski definition) is 2. The number of nitriles is 1. The van der Waals surface area contributed by atoms with Crippen molar-refractivity contribution >= 4 is 6.09 Å². The average Bonchev–Trinajstić information content (AvgIpc) is 1.72. The predicted octanol–water partition coefficient (Wildman–Crippen LogP) is -2.42. The summed E-state index contributed by atoms with van der Waals surface area (Å²) in [7, 11) is 0. The van der Waals surface area contributed by atoms with Crippen molar-refractivity contribution in [2.24, 2.45) is 0 Å². The summed E-state index contributed by atoms with van der Waals surface area (Å²) in [6.45, 7) is 5.00. The van der Waals surface area contributed by atoms with Gasteiger partial charge in [0, 0.05) is 0 Å². The van der Waals surface area contributed by atoms with E-state index in [2.05, 4.69) is 6.92 Å². The minimum absolute atomic E-state index is 0. The zero-order valence-electron chi connectivity index (χ0n) is 5.51.